The lowest BCUT2D eigenvalue weighted by atomic mass is 9.56. The third kappa shape index (κ3) is 4.43. The molecule has 2 aromatic heterocycles. The highest BCUT2D eigenvalue weighted by Gasteiger charge is 2.62. The third-order valence-electron chi connectivity index (χ3n) is 13.9. The van der Waals surface area contributed by atoms with E-state index < -0.39 is 5.41 Å². The van der Waals surface area contributed by atoms with Gasteiger partial charge in [-0.15, -0.1) is 0 Å². The van der Waals surface area contributed by atoms with Crippen LogP contribution in [0.3, 0.4) is 0 Å². The van der Waals surface area contributed by atoms with Crippen LogP contribution in [0.25, 0.3) is 21.8 Å². The smallest absolute Gasteiger partial charge is 0.319 e. The van der Waals surface area contributed by atoms with Crippen LogP contribution >= 0.6 is 0 Å². The Kier molecular flexibility index (Phi) is 7.59. The number of benzene rings is 2. The van der Waals surface area contributed by atoms with Crippen molar-refractivity contribution in [3.63, 3.8) is 0 Å². The topological polar surface area (TPSA) is 90.7 Å². The molecule has 2 aromatic carbocycles. The number of para-hydroxylation sites is 1. The second-order valence-electron chi connectivity index (χ2n) is 16.0. The number of rotatable bonds is 4. The minimum Gasteiger partial charge on any atom is -0.469 e. The minimum atomic E-state index is -0.677. The molecule has 4 aliphatic heterocycles. The van der Waals surface area contributed by atoms with Crippen molar-refractivity contribution in [2.24, 2.45) is 23.7 Å². The van der Waals surface area contributed by atoms with Crippen molar-refractivity contribution >= 4 is 33.7 Å². The van der Waals surface area contributed by atoms with Gasteiger partial charge in [-0.25, -0.2) is 0 Å². The second kappa shape index (κ2) is 11.8. The molecule has 262 valence electrons. The van der Waals surface area contributed by atoms with Gasteiger partial charge in [0.25, 0.3) is 0 Å². The number of hydrogen-bond acceptors (Lipinski definition) is 6. The molecule has 6 aliphatic rings. The number of carbonyl (C=O) groups excluding carboxylic acids is 2. The van der Waals surface area contributed by atoms with Crippen molar-refractivity contribution in [2.75, 3.05) is 40.9 Å². The van der Waals surface area contributed by atoms with Crippen molar-refractivity contribution in [2.45, 2.75) is 75.8 Å². The zero-order valence-electron chi connectivity index (χ0n) is 30.1. The highest BCUT2D eigenvalue weighted by molar-refractivity contribution is 5.92. The molecule has 9 atom stereocenters. The molecule has 8 nitrogen and oxygen atoms in total. The van der Waals surface area contributed by atoms with Gasteiger partial charge in [-0.3, -0.25) is 19.4 Å². The number of aromatic nitrogens is 2. The van der Waals surface area contributed by atoms with E-state index in [1.165, 1.54) is 52.3 Å². The number of fused-ring (bicyclic) bond motifs is 9. The number of allylic oxidation sites excluding steroid dienone is 1. The summed E-state index contributed by atoms with van der Waals surface area (Å²) in [7, 11) is 5.25. The van der Waals surface area contributed by atoms with E-state index in [0.29, 0.717) is 11.8 Å². The number of methoxy groups -OCH3 is 2. The highest BCUT2D eigenvalue weighted by Crippen LogP contribution is 2.56. The molecular weight excluding hydrogens is 624 g/mol. The molecule has 4 aromatic rings. The Bertz CT molecular complexity index is 2040. The Hall–Kier alpha value is -3.88. The number of esters is 2. The Morgan fingerprint density at radius 1 is 1.02 bits per heavy atom. The molecule has 50 heavy (non-hydrogen) atoms. The summed E-state index contributed by atoms with van der Waals surface area (Å²) >= 11 is 0. The zero-order valence-corrected chi connectivity index (χ0v) is 30.1. The molecule has 8 heteroatoms. The molecule has 1 saturated carbocycles. The number of ether oxygens (including phenoxy) is 2. The van der Waals surface area contributed by atoms with Crippen molar-refractivity contribution in [3.05, 3.63) is 82.2 Å². The van der Waals surface area contributed by atoms with E-state index in [0.717, 1.165) is 68.5 Å². The van der Waals surface area contributed by atoms with Crippen LogP contribution in [0, 0.1) is 23.7 Å². The summed E-state index contributed by atoms with van der Waals surface area (Å²) in [4.78, 5) is 40.6. The summed E-state index contributed by atoms with van der Waals surface area (Å²) in [5.74, 6) is 0.619. The average Bonchev–Trinajstić information content (AvgIpc) is 3.67. The molecule has 0 spiro atoms. The van der Waals surface area contributed by atoms with Gasteiger partial charge in [0.15, 0.2) is 0 Å². The molecular formula is C42H50N4O4. The quantitative estimate of drug-likeness (QED) is 0.190. The maximum atomic E-state index is 14.1. The first-order valence-corrected chi connectivity index (χ1v) is 18.8. The van der Waals surface area contributed by atoms with Crippen LogP contribution in [0.1, 0.15) is 73.5 Å². The largest absolute Gasteiger partial charge is 0.469 e. The first-order valence-electron chi connectivity index (χ1n) is 18.8. The van der Waals surface area contributed by atoms with Crippen LogP contribution in [-0.2, 0) is 37.3 Å². The van der Waals surface area contributed by atoms with E-state index >= 15 is 0 Å². The SMILES string of the molecule is C/C=C1\CN(C)[C@H]2Cc3c([nH]c4ccccc34)[C@@H](c3ccc4c5c([nH]c4c3)[C@]3(C(=O)OC)C[C@H]4C[C@@H](CC)[C@@H]3N(CC5)C4)C[C@@H]1[C@H]2C(=O)OC. The lowest BCUT2D eigenvalue weighted by Gasteiger charge is -2.57. The first-order chi connectivity index (χ1) is 24.3. The lowest BCUT2D eigenvalue weighted by Crippen LogP contribution is -2.67. The van der Waals surface area contributed by atoms with Gasteiger partial charge in [0, 0.05) is 70.8 Å². The van der Waals surface area contributed by atoms with E-state index in [-0.39, 0.29) is 41.8 Å². The Morgan fingerprint density at radius 3 is 2.62 bits per heavy atom. The number of hydrogen-bond donors (Lipinski definition) is 2. The van der Waals surface area contributed by atoms with Crippen LogP contribution in [0.4, 0.5) is 0 Å². The fraction of sp³-hybridized carbons (Fsp3) is 0.524. The summed E-state index contributed by atoms with van der Waals surface area (Å²) in [6.07, 6.45) is 7.84. The summed E-state index contributed by atoms with van der Waals surface area (Å²) < 4.78 is 11.2. The van der Waals surface area contributed by atoms with Crippen molar-refractivity contribution in [3.8, 4) is 0 Å². The maximum Gasteiger partial charge on any atom is 0.319 e. The van der Waals surface area contributed by atoms with Crippen LogP contribution in [0.2, 0.25) is 0 Å². The van der Waals surface area contributed by atoms with Crippen molar-refractivity contribution in [1.82, 2.24) is 19.8 Å². The number of aromatic amines is 2. The maximum absolute atomic E-state index is 14.1. The number of carbonyl (C=O) groups is 2. The molecule has 6 heterocycles. The highest BCUT2D eigenvalue weighted by atomic mass is 16.5. The standard InChI is InChI=1S/C42H50N4O4/c1-6-24-16-23-20-42(41(48)50-5)38-29(14-15-46(21-23)39(24)42)28-13-12-26(17-34(28)44-38)31-18-30-25(7-2)22-45(3)35(36(30)40(47)49-4)19-32-27-10-8-9-11-33(27)43-37(31)32/h7-13,17,23-24,30-31,35-36,39,43-44H,6,14-16,18-22H2,1-5H3/b25-7+/t23-,24-,30+,31-,35+,36-,39+,42-/m1/s1. The molecule has 0 amide bonds. The van der Waals surface area contributed by atoms with Crippen molar-refractivity contribution in [1.29, 1.82) is 0 Å². The first kappa shape index (κ1) is 32.1. The lowest BCUT2D eigenvalue weighted by molar-refractivity contribution is -0.162. The van der Waals surface area contributed by atoms with Gasteiger partial charge in [-0.2, -0.15) is 0 Å². The monoisotopic (exact) mass is 674 g/mol. The van der Waals surface area contributed by atoms with Gasteiger partial charge in [0.2, 0.25) is 0 Å². The number of likely N-dealkylation sites (N-methyl/N-ethyl adjacent to an activating group) is 1. The van der Waals surface area contributed by atoms with Crippen LogP contribution in [-0.4, -0.2) is 84.7 Å². The predicted octanol–water partition coefficient (Wildman–Crippen LogP) is 6.48. The van der Waals surface area contributed by atoms with Crippen LogP contribution < -0.4 is 0 Å². The van der Waals surface area contributed by atoms with E-state index in [4.69, 9.17) is 9.47 Å². The average molecular weight is 675 g/mol. The third-order valence-corrected chi connectivity index (χ3v) is 13.9. The number of H-pyrrole nitrogens is 2. The Labute approximate surface area is 294 Å². The van der Waals surface area contributed by atoms with Gasteiger partial charge >= 0.3 is 11.9 Å². The minimum absolute atomic E-state index is 0.0431. The van der Waals surface area contributed by atoms with E-state index in [9.17, 15) is 9.59 Å². The van der Waals surface area contributed by atoms with Gasteiger partial charge < -0.3 is 19.4 Å². The van der Waals surface area contributed by atoms with Gasteiger partial charge in [-0.05, 0) is 92.7 Å². The molecule has 1 unspecified atom stereocenters. The molecule has 2 aliphatic carbocycles. The Balaban J connectivity index is 1.22. The number of nitrogens with one attached hydrogen (secondary N) is 2. The van der Waals surface area contributed by atoms with Gasteiger partial charge in [-0.1, -0.05) is 55.3 Å². The molecule has 0 radical (unpaired) electrons. The molecule has 3 saturated heterocycles. The van der Waals surface area contributed by atoms with Gasteiger partial charge in [0.1, 0.15) is 5.41 Å². The van der Waals surface area contributed by atoms with E-state index in [1.807, 2.05) is 0 Å². The Morgan fingerprint density at radius 2 is 1.84 bits per heavy atom. The van der Waals surface area contributed by atoms with Gasteiger partial charge in [0.05, 0.1) is 20.1 Å². The van der Waals surface area contributed by atoms with Crippen LogP contribution in [0.15, 0.2) is 54.1 Å². The van der Waals surface area contributed by atoms with E-state index in [1.54, 1.807) is 7.11 Å². The summed E-state index contributed by atoms with van der Waals surface area (Å²) in [5, 5.41) is 2.45. The normalized spacial score (nSPS) is 34.1. The number of piperidine rings is 3. The summed E-state index contributed by atoms with van der Waals surface area (Å²) in [6, 6.07) is 15.8. The van der Waals surface area contributed by atoms with Crippen molar-refractivity contribution < 1.29 is 19.1 Å². The zero-order chi connectivity index (χ0) is 34.5. The van der Waals surface area contributed by atoms with E-state index in [2.05, 4.69) is 89.2 Å². The number of likely N-dealkylation sites (tertiary alicyclic amines) is 1. The number of nitrogens with zero attached hydrogens (tertiary/aromatic N) is 2. The molecule has 4 fully saturated rings. The fourth-order valence-electron chi connectivity index (χ4n) is 11.8. The molecule has 2 N–H and O–H groups in total. The second-order valence-corrected chi connectivity index (χ2v) is 16.0. The summed E-state index contributed by atoms with van der Waals surface area (Å²) in [5.41, 5.74) is 9.01. The van der Waals surface area contributed by atoms with Crippen LogP contribution in [0.5, 0.6) is 0 Å². The predicted molar refractivity (Wildman–Crippen MR) is 195 cm³/mol. The molecule has 6 bridgehead atoms. The summed E-state index contributed by atoms with van der Waals surface area (Å²) in [6.45, 7) is 7.29. The fourth-order valence-corrected chi connectivity index (χ4v) is 11.8. The molecule has 10 rings (SSSR count).